The summed E-state index contributed by atoms with van der Waals surface area (Å²) in [6, 6.07) is 3.70. The molecule has 6 rings (SSSR count). The van der Waals surface area contributed by atoms with Crippen LogP contribution in [0.25, 0.3) is 0 Å². The second-order valence-corrected chi connectivity index (χ2v) is 11.9. The quantitative estimate of drug-likeness (QED) is 0.605. The van der Waals surface area contributed by atoms with Gasteiger partial charge in [0.05, 0.1) is 11.8 Å². The SMILES string of the molecule is Cc1cnn(CCC(N2CCC34CCN(CC5CC5)C(Cc5ccc(O)cc53)C4(O)CC2)C(F)(F)F)c1. The first-order chi connectivity index (χ1) is 17.6. The number of nitrogens with zero attached hydrogens (tertiary/aromatic N) is 4. The van der Waals surface area contributed by atoms with Gasteiger partial charge in [-0.05, 0) is 99.7 Å². The number of aryl methyl sites for hydroxylation is 2. The molecule has 4 unspecified atom stereocenters. The van der Waals surface area contributed by atoms with E-state index in [1.807, 2.05) is 13.0 Å². The van der Waals surface area contributed by atoms with Gasteiger partial charge in [-0.15, -0.1) is 0 Å². The van der Waals surface area contributed by atoms with Crippen molar-refractivity contribution in [3.05, 3.63) is 47.3 Å². The molecule has 2 aromatic rings. The molecule has 2 N–H and O–H groups in total. The Morgan fingerprint density at radius 2 is 1.89 bits per heavy atom. The summed E-state index contributed by atoms with van der Waals surface area (Å²) in [4.78, 5) is 3.98. The number of likely N-dealkylation sites (tertiary alicyclic amines) is 2. The Hall–Kier alpha value is -2.10. The highest BCUT2D eigenvalue weighted by Gasteiger charge is 2.64. The van der Waals surface area contributed by atoms with Gasteiger partial charge >= 0.3 is 6.18 Å². The minimum atomic E-state index is -4.37. The van der Waals surface area contributed by atoms with Crippen LogP contribution in [0.3, 0.4) is 0 Å². The number of aromatic hydroxyl groups is 1. The van der Waals surface area contributed by atoms with Crippen molar-refractivity contribution in [3.63, 3.8) is 0 Å². The Kier molecular flexibility index (Phi) is 6.12. The maximum atomic E-state index is 14.4. The van der Waals surface area contributed by atoms with Gasteiger partial charge in [0.15, 0.2) is 0 Å². The zero-order valence-corrected chi connectivity index (χ0v) is 21.4. The normalized spacial score (nSPS) is 31.4. The fourth-order valence-electron chi connectivity index (χ4n) is 7.59. The highest BCUT2D eigenvalue weighted by molar-refractivity contribution is 5.48. The maximum absolute atomic E-state index is 14.4. The molecule has 4 atom stereocenters. The van der Waals surface area contributed by atoms with Crippen LogP contribution < -0.4 is 0 Å². The molecule has 4 aliphatic rings. The second-order valence-electron chi connectivity index (χ2n) is 11.9. The first kappa shape index (κ1) is 25.2. The van der Waals surface area contributed by atoms with Crippen molar-refractivity contribution in [2.75, 3.05) is 26.2 Å². The largest absolute Gasteiger partial charge is 0.508 e. The van der Waals surface area contributed by atoms with E-state index in [9.17, 15) is 23.4 Å². The first-order valence-corrected chi connectivity index (χ1v) is 13.7. The molecule has 2 aliphatic heterocycles. The lowest BCUT2D eigenvalue weighted by Crippen LogP contribution is -2.71. The third kappa shape index (κ3) is 4.36. The number of hydrogen-bond acceptors (Lipinski definition) is 5. The van der Waals surface area contributed by atoms with Crippen LogP contribution in [0.2, 0.25) is 0 Å². The van der Waals surface area contributed by atoms with Crippen molar-refractivity contribution in [2.45, 2.75) is 87.7 Å². The maximum Gasteiger partial charge on any atom is 0.404 e. The Bertz CT molecular complexity index is 1150. The Morgan fingerprint density at radius 3 is 2.59 bits per heavy atom. The summed E-state index contributed by atoms with van der Waals surface area (Å²) in [6.07, 6.45) is 3.51. The molecule has 3 heterocycles. The number of rotatable bonds is 6. The summed E-state index contributed by atoms with van der Waals surface area (Å²) >= 11 is 0. The second kappa shape index (κ2) is 8.99. The molecule has 1 aromatic carbocycles. The number of piperidine rings is 1. The molecule has 2 aliphatic carbocycles. The lowest BCUT2D eigenvalue weighted by Gasteiger charge is -2.61. The van der Waals surface area contributed by atoms with E-state index in [1.165, 1.54) is 12.8 Å². The number of phenolic OH excluding ortho intramolecular Hbond substituents is 1. The number of alkyl halides is 3. The van der Waals surface area contributed by atoms with E-state index in [4.69, 9.17) is 0 Å². The smallest absolute Gasteiger partial charge is 0.404 e. The van der Waals surface area contributed by atoms with Crippen LogP contribution in [0.1, 0.15) is 55.2 Å². The first-order valence-electron chi connectivity index (χ1n) is 13.7. The molecule has 0 radical (unpaired) electrons. The predicted octanol–water partition coefficient (Wildman–Crippen LogP) is 4.02. The van der Waals surface area contributed by atoms with Gasteiger partial charge in [-0.1, -0.05) is 6.07 Å². The number of hydrogen-bond donors (Lipinski definition) is 2. The molecule has 3 fully saturated rings. The molecule has 6 nitrogen and oxygen atoms in total. The van der Waals surface area contributed by atoms with E-state index >= 15 is 0 Å². The van der Waals surface area contributed by atoms with Gasteiger partial charge < -0.3 is 10.2 Å². The molecular weight excluding hydrogens is 481 g/mol. The van der Waals surface area contributed by atoms with E-state index in [-0.39, 0.29) is 37.8 Å². The zero-order chi connectivity index (χ0) is 26.0. The average Bonchev–Trinajstić information content (AvgIpc) is 3.58. The molecular formula is C28H37F3N4O2. The third-order valence-electron chi connectivity index (χ3n) is 9.68. The van der Waals surface area contributed by atoms with Gasteiger partial charge in [0.25, 0.3) is 0 Å². The van der Waals surface area contributed by atoms with Crippen LogP contribution >= 0.6 is 0 Å². The van der Waals surface area contributed by atoms with Crippen LogP contribution in [0.15, 0.2) is 30.6 Å². The molecule has 0 spiro atoms. The Morgan fingerprint density at radius 1 is 1.14 bits per heavy atom. The van der Waals surface area contributed by atoms with E-state index in [0.29, 0.717) is 31.6 Å². The van der Waals surface area contributed by atoms with Crippen molar-refractivity contribution >= 4 is 0 Å². The number of aromatic nitrogens is 2. The summed E-state index contributed by atoms with van der Waals surface area (Å²) < 4.78 is 44.8. The molecule has 2 bridgehead atoms. The van der Waals surface area contributed by atoms with Gasteiger partial charge in [-0.3, -0.25) is 14.5 Å². The Balaban J connectivity index is 1.32. The van der Waals surface area contributed by atoms with Gasteiger partial charge in [-0.2, -0.15) is 18.3 Å². The number of halogens is 3. The molecule has 1 saturated carbocycles. The monoisotopic (exact) mass is 518 g/mol. The average molecular weight is 519 g/mol. The highest BCUT2D eigenvalue weighted by Crippen LogP contribution is 2.57. The minimum Gasteiger partial charge on any atom is -0.508 e. The third-order valence-corrected chi connectivity index (χ3v) is 9.68. The topological polar surface area (TPSA) is 64.8 Å². The van der Waals surface area contributed by atoms with Crippen molar-refractivity contribution in [2.24, 2.45) is 5.92 Å². The summed E-state index contributed by atoms with van der Waals surface area (Å²) in [5, 5.41) is 27.1. The summed E-state index contributed by atoms with van der Waals surface area (Å²) in [5.41, 5.74) is 1.19. The van der Waals surface area contributed by atoms with Gasteiger partial charge in [0.1, 0.15) is 11.8 Å². The van der Waals surface area contributed by atoms with Crippen LogP contribution in [0.5, 0.6) is 5.75 Å². The molecule has 1 aromatic heterocycles. The number of fused-ring (bicyclic) bond motifs is 1. The van der Waals surface area contributed by atoms with Crippen LogP contribution in [-0.2, 0) is 18.4 Å². The summed E-state index contributed by atoms with van der Waals surface area (Å²) in [5.74, 6) is 0.818. The van der Waals surface area contributed by atoms with E-state index in [0.717, 1.165) is 29.8 Å². The van der Waals surface area contributed by atoms with Crippen molar-refractivity contribution < 1.29 is 23.4 Å². The molecule has 9 heteroatoms. The molecule has 2 saturated heterocycles. The molecule has 37 heavy (non-hydrogen) atoms. The number of phenols is 1. The van der Waals surface area contributed by atoms with E-state index in [1.54, 1.807) is 34.1 Å². The fraction of sp³-hybridized carbons (Fsp3) is 0.679. The number of benzene rings is 1. The Labute approximate surface area is 216 Å². The molecule has 0 amide bonds. The summed E-state index contributed by atoms with van der Waals surface area (Å²) in [6.45, 7) is 4.31. The van der Waals surface area contributed by atoms with Crippen LogP contribution in [-0.4, -0.2) is 79.8 Å². The lowest BCUT2D eigenvalue weighted by atomic mass is 9.52. The van der Waals surface area contributed by atoms with E-state index in [2.05, 4.69) is 10.00 Å². The standard InChI is InChI=1S/C28H37F3N4O2/c1-19-16-32-35(17-19)10-6-24(28(29,30)31)33-11-7-26-8-12-34(18-20-2-3-20)25(27(26,37)9-13-33)14-21-4-5-22(36)15-23(21)26/h4-5,15-17,20,24-25,36-37H,2-3,6-14,18H2,1H3. The van der Waals surface area contributed by atoms with Crippen molar-refractivity contribution in [3.8, 4) is 5.75 Å². The van der Waals surface area contributed by atoms with Crippen molar-refractivity contribution in [1.29, 1.82) is 0 Å². The zero-order valence-electron chi connectivity index (χ0n) is 21.4. The van der Waals surface area contributed by atoms with E-state index < -0.39 is 23.2 Å². The van der Waals surface area contributed by atoms with Crippen LogP contribution in [0.4, 0.5) is 13.2 Å². The molecule has 202 valence electrons. The van der Waals surface area contributed by atoms with Crippen molar-refractivity contribution in [1.82, 2.24) is 19.6 Å². The lowest BCUT2D eigenvalue weighted by molar-refractivity contribution is -0.187. The minimum absolute atomic E-state index is 0.0787. The van der Waals surface area contributed by atoms with Gasteiger partial charge in [-0.25, -0.2) is 0 Å². The highest BCUT2D eigenvalue weighted by atomic mass is 19.4. The summed E-state index contributed by atoms with van der Waals surface area (Å²) in [7, 11) is 0. The fourth-order valence-corrected chi connectivity index (χ4v) is 7.59. The van der Waals surface area contributed by atoms with Crippen LogP contribution in [0, 0.1) is 12.8 Å². The number of aliphatic hydroxyl groups is 1. The van der Waals surface area contributed by atoms with Gasteiger partial charge in [0, 0.05) is 37.3 Å². The van der Waals surface area contributed by atoms with Gasteiger partial charge in [0.2, 0.25) is 0 Å². The predicted molar refractivity (Wildman–Crippen MR) is 133 cm³/mol.